The first-order chi connectivity index (χ1) is 15.9. The fourth-order valence-electron chi connectivity index (χ4n) is 4.27. The van der Waals surface area contributed by atoms with Crippen LogP contribution in [-0.4, -0.2) is 46.6 Å². The summed E-state index contributed by atoms with van der Waals surface area (Å²) in [6.45, 7) is 1.23. The maximum atomic E-state index is 14.2. The van der Waals surface area contributed by atoms with Gasteiger partial charge in [-0.1, -0.05) is 6.07 Å². The third-order valence-corrected chi connectivity index (χ3v) is 5.81. The summed E-state index contributed by atoms with van der Waals surface area (Å²) in [4.78, 5) is 23.6. The number of benzene rings is 1. The van der Waals surface area contributed by atoms with Crippen molar-refractivity contribution in [3.8, 4) is 11.3 Å². The zero-order valence-corrected chi connectivity index (χ0v) is 17.9. The number of halogens is 2. The number of hydrogen-bond acceptors (Lipinski definition) is 7. The van der Waals surface area contributed by atoms with Crippen molar-refractivity contribution >= 4 is 17.2 Å². The van der Waals surface area contributed by atoms with Crippen molar-refractivity contribution in [3.05, 3.63) is 71.7 Å². The summed E-state index contributed by atoms with van der Waals surface area (Å²) in [5.74, 6) is -1.92. The number of hydrogen-bond donors (Lipinski definition) is 3. The van der Waals surface area contributed by atoms with Crippen LogP contribution in [0.2, 0.25) is 0 Å². The smallest absolute Gasteiger partial charge is 0.187 e. The van der Waals surface area contributed by atoms with Gasteiger partial charge in [0.2, 0.25) is 0 Å². The number of nitrogen functional groups attached to an aromatic ring is 1. The number of rotatable bonds is 6. The molecule has 2 unspecified atom stereocenters. The number of aliphatic hydroxyl groups excluding tert-OH is 1. The van der Waals surface area contributed by atoms with Gasteiger partial charge in [-0.15, -0.1) is 0 Å². The second-order valence-electron chi connectivity index (χ2n) is 8.28. The molecule has 0 spiro atoms. The van der Waals surface area contributed by atoms with Gasteiger partial charge in [0.05, 0.1) is 16.9 Å². The lowest BCUT2D eigenvalue weighted by Gasteiger charge is -2.38. The Morgan fingerprint density at radius 3 is 2.64 bits per heavy atom. The fraction of sp³-hybridized carbons (Fsp3) is 0.292. The number of carbonyl (C=O) groups is 1. The minimum atomic E-state index is -0.778. The van der Waals surface area contributed by atoms with Gasteiger partial charge in [-0.05, 0) is 36.8 Å². The number of nitrogens with zero attached hydrogens (tertiary/aromatic N) is 3. The van der Waals surface area contributed by atoms with Gasteiger partial charge in [-0.25, -0.2) is 13.8 Å². The second-order valence-corrected chi connectivity index (χ2v) is 8.28. The Bertz CT molecular complexity index is 1150. The van der Waals surface area contributed by atoms with Crippen LogP contribution in [0.5, 0.6) is 0 Å². The first-order valence-corrected chi connectivity index (χ1v) is 10.7. The lowest BCUT2D eigenvalue weighted by atomic mass is 9.94. The van der Waals surface area contributed by atoms with E-state index in [2.05, 4.69) is 9.97 Å². The Morgan fingerprint density at radius 2 is 1.91 bits per heavy atom. The Labute approximate surface area is 190 Å². The third-order valence-electron chi connectivity index (χ3n) is 5.81. The van der Waals surface area contributed by atoms with Gasteiger partial charge < -0.3 is 21.5 Å². The third kappa shape index (κ3) is 4.84. The maximum Gasteiger partial charge on any atom is 0.187 e. The Balaban J connectivity index is 1.64. The van der Waals surface area contributed by atoms with Gasteiger partial charge >= 0.3 is 0 Å². The molecular formula is C24H25F2N5O2. The summed E-state index contributed by atoms with van der Waals surface area (Å²) >= 11 is 0. The molecule has 3 aromatic rings. The highest BCUT2D eigenvalue weighted by Gasteiger charge is 2.27. The summed E-state index contributed by atoms with van der Waals surface area (Å²) in [6.07, 6.45) is 3.90. The number of Topliss-reactive ketones (excluding diaryl/α,β-unsaturated/α-hetero) is 1. The summed E-state index contributed by atoms with van der Waals surface area (Å²) < 4.78 is 28.5. The number of carbonyl (C=O) groups excluding carboxylic acids is 1. The predicted molar refractivity (Wildman–Crippen MR) is 122 cm³/mol. The van der Waals surface area contributed by atoms with E-state index in [4.69, 9.17) is 11.5 Å². The highest BCUT2D eigenvalue weighted by molar-refractivity contribution is 6.01. The average molecular weight is 453 g/mol. The van der Waals surface area contributed by atoms with E-state index < -0.39 is 17.4 Å². The van der Waals surface area contributed by atoms with Gasteiger partial charge in [0.25, 0.3) is 0 Å². The van der Waals surface area contributed by atoms with Crippen LogP contribution in [0.4, 0.5) is 20.2 Å². The van der Waals surface area contributed by atoms with Crippen LogP contribution in [0.3, 0.4) is 0 Å². The van der Waals surface area contributed by atoms with Crippen molar-refractivity contribution in [2.24, 2.45) is 11.7 Å². The normalized spacial score (nSPS) is 18.4. The van der Waals surface area contributed by atoms with Gasteiger partial charge in [0.1, 0.15) is 17.3 Å². The first kappa shape index (κ1) is 22.8. The molecule has 7 nitrogen and oxygen atoms in total. The van der Waals surface area contributed by atoms with Gasteiger partial charge in [0.15, 0.2) is 5.78 Å². The molecule has 2 aromatic heterocycles. The van der Waals surface area contributed by atoms with Gasteiger partial charge in [0, 0.05) is 61.7 Å². The minimum Gasteiger partial charge on any atom is -0.397 e. The van der Waals surface area contributed by atoms with Crippen LogP contribution < -0.4 is 16.4 Å². The molecule has 9 heteroatoms. The van der Waals surface area contributed by atoms with E-state index in [0.717, 1.165) is 24.2 Å². The molecular weight excluding hydrogens is 428 g/mol. The average Bonchev–Trinajstić information content (AvgIpc) is 2.79. The molecule has 5 N–H and O–H groups in total. The molecule has 1 saturated heterocycles. The van der Waals surface area contributed by atoms with E-state index >= 15 is 0 Å². The number of aromatic nitrogens is 2. The van der Waals surface area contributed by atoms with Crippen molar-refractivity contribution in [1.29, 1.82) is 0 Å². The van der Waals surface area contributed by atoms with Crippen LogP contribution in [0, 0.1) is 17.6 Å². The van der Waals surface area contributed by atoms with Gasteiger partial charge in [-0.2, -0.15) is 0 Å². The molecule has 1 aliphatic rings. The molecule has 0 saturated carbocycles. The topological polar surface area (TPSA) is 118 Å². The molecule has 1 aromatic carbocycles. The van der Waals surface area contributed by atoms with Gasteiger partial charge in [-0.3, -0.25) is 9.78 Å². The number of piperidine rings is 1. The number of anilines is 2. The van der Waals surface area contributed by atoms with E-state index in [-0.39, 0.29) is 47.6 Å². The number of nitrogens with two attached hydrogens (primary N) is 2. The van der Waals surface area contributed by atoms with Crippen molar-refractivity contribution in [2.75, 3.05) is 30.3 Å². The second kappa shape index (κ2) is 9.60. The van der Waals surface area contributed by atoms with E-state index in [1.54, 1.807) is 18.5 Å². The summed E-state index contributed by atoms with van der Waals surface area (Å²) in [5, 5.41) is 9.60. The SMILES string of the molecule is Nc1ccc(-c2c(F)cccc2F)nc1C(=O)Cc1cnccc1N1CC(N)CC(CO)C1. The number of pyridine rings is 2. The standard InChI is InChI=1S/C24H25F2N5O2/c25-17-2-1-3-18(26)23(17)20-5-4-19(28)24(30-20)22(33)9-15-10-29-7-6-21(15)31-11-14(13-32)8-16(27)12-31/h1-7,10,14,16,32H,8-9,11-13,27-28H2. The molecule has 0 amide bonds. The maximum absolute atomic E-state index is 14.2. The minimum absolute atomic E-state index is 0.0117. The molecule has 2 atom stereocenters. The molecule has 3 heterocycles. The van der Waals surface area contributed by atoms with E-state index in [0.29, 0.717) is 18.7 Å². The van der Waals surface area contributed by atoms with E-state index in [1.807, 2.05) is 4.90 Å². The van der Waals surface area contributed by atoms with Crippen molar-refractivity contribution in [2.45, 2.75) is 18.9 Å². The van der Waals surface area contributed by atoms with Crippen LogP contribution >= 0.6 is 0 Å². The number of ketones is 1. The lowest BCUT2D eigenvalue weighted by molar-refractivity contribution is 0.0989. The Morgan fingerprint density at radius 1 is 1.15 bits per heavy atom. The summed E-state index contributed by atoms with van der Waals surface area (Å²) in [6, 6.07) is 8.02. The molecule has 172 valence electrons. The zero-order valence-electron chi connectivity index (χ0n) is 17.9. The quantitative estimate of drug-likeness (QED) is 0.491. The molecule has 0 bridgehead atoms. The van der Waals surface area contributed by atoms with Crippen molar-refractivity contribution in [1.82, 2.24) is 9.97 Å². The molecule has 0 aliphatic carbocycles. The summed E-state index contributed by atoms with van der Waals surface area (Å²) in [5.41, 5.74) is 13.3. The predicted octanol–water partition coefficient (Wildman–Crippen LogP) is 2.58. The Hall–Kier alpha value is -3.43. The molecule has 4 rings (SSSR count). The molecule has 33 heavy (non-hydrogen) atoms. The van der Waals surface area contributed by atoms with E-state index in [9.17, 15) is 18.7 Å². The molecule has 1 aliphatic heterocycles. The molecule has 1 fully saturated rings. The Kier molecular flexibility index (Phi) is 6.62. The van der Waals surface area contributed by atoms with E-state index in [1.165, 1.54) is 18.2 Å². The van der Waals surface area contributed by atoms with Crippen LogP contribution in [0.1, 0.15) is 22.5 Å². The van der Waals surface area contributed by atoms with Crippen LogP contribution in [-0.2, 0) is 6.42 Å². The van der Waals surface area contributed by atoms with Crippen LogP contribution in [0.25, 0.3) is 11.3 Å². The lowest BCUT2D eigenvalue weighted by Crippen LogP contribution is -2.48. The van der Waals surface area contributed by atoms with Crippen molar-refractivity contribution < 1.29 is 18.7 Å². The highest BCUT2D eigenvalue weighted by atomic mass is 19.1. The fourth-order valence-corrected chi connectivity index (χ4v) is 4.27. The molecule has 0 radical (unpaired) electrons. The summed E-state index contributed by atoms with van der Waals surface area (Å²) in [7, 11) is 0. The zero-order chi connectivity index (χ0) is 23.5. The first-order valence-electron chi connectivity index (χ1n) is 10.7. The monoisotopic (exact) mass is 453 g/mol. The van der Waals surface area contributed by atoms with Crippen LogP contribution in [0.15, 0.2) is 48.8 Å². The largest absolute Gasteiger partial charge is 0.397 e. The van der Waals surface area contributed by atoms with Crippen molar-refractivity contribution in [3.63, 3.8) is 0 Å². The highest BCUT2D eigenvalue weighted by Crippen LogP contribution is 2.29. The number of aliphatic hydroxyl groups is 1.